The van der Waals surface area contributed by atoms with Gasteiger partial charge in [0.25, 0.3) is 0 Å². The molecule has 0 amide bonds. The van der Waals surface area contributed by atoms with Crippen LogP contribution in [0.15, 0.2) is 24.3 Å². The maximum absolute atomic E-state index is 6.39. The number of unbranched alkanes of at least 4 members (excludes halogenated alkanes) is 1. The summed E-state index contributed by atoms with van der Waals surface area (Å²) in [6.07, 6.45) is 6.26. The van der Waals surface area contributed by atoms with E-state index in [4.69, 9.17) is 5.73 Å². The highest BCUT2D eigenvalue weighted by Crippen LogP contribution is 2.26. The Balaban J connectivity index is 2.65. The van der Waals surface area contributed by atoms with Crippen molar-refractivity contribution in [3.63, 3.8) is 0 Å². The molecule has 0 aromatic heterocycles. The van der Waals surface area contributed by atoms with Crippen LogP contribution in [0.2, 0.25) is 0 Å². The summed E-state index contributed by atoms with van der Waals surface area (Å²) >= 11 is 0. The molecule has 1 aromatic rings. The third-order valence-electron chi connectivity index (χ3n) is 3.95. The van der Waals surface area contributed by atoms with Crippen LogP contribution in [0, 0.1) is 5.92 Å². The maximum atomic E-state index is 6.39. The van der Waals surface area contributed by atoms with E-state index in [2.05, 4.69) is 57.1 Å². The van der Waals surface area contributed by atoms with Crippen molar-refractivity contribution in [3.05, 3.63) is 29.8 Å². The van der Waals surface area contributed by atoms with Crippen LogP contribution in [-0.4, -0.2) is 14.1 Å². The Morgan fingerprint density at radius 1 is 1.21 bits per heavy atom. The predicted octanol–water partition coefficient (Wildman–Crippen LogP) is 4.36. The molecule has 0 aliphatic heterocycles. The fourth-order valence-electron chi connectivity index (χ4n) is 2.51. The van der Waals surface area contributed by atoms with Gasteiger partial charge in [0, 0.05) is 25.8 Å². The first-order valence-corrected chi connectivity index (χ1v) is 7.61. The summed E-state index contributed by atoms with van der Waals surface area (Å²) in [5, 5.41) is 0. The molecule has 1 rings (SSSR count). The largest absolute Gasteiger partial charge is 0.378 e. The summed E-state index contributed by atoms with van der Waals surface area (Å²) in [5.41, 5.74) is 8.89. The number of nitrogens with zero attached hydrogens (tertiary/aromatic N) is 1. The van der Waals surface area contributed by atoms with Crippen molar-refractivity contribution >= 4 is 5.69 Å². The molecule has 0 spiro atoms. The van der Waals surface area contributed by atoms with Crippen LogP contribution in [0.25, 0.3) is 0 Å². The Bertz CT molecular complexity index is 360. The SMILES string of the molecule is CCCCC(CC)CC(N)c1cccc(N(C)C)c1. The molecule has 2 nitrogen and oxygen atoms in total. The average Bonchev–Trinajstić information content (AvgIpc) is 2.43. The second-order valence-electron chi connectivity index (χ2n) is 5.75. The van der Waals surface area contributed by atoms with Crippen LogP contribution in [0.4, 0.5) is 5.69 Å². The van der Waals surface area contributed by atoms with Gasteiger partial charge in [0.2, 0.25) is 0 Å². The lowest BCUT2D eigenvalue weighted by Crippen LogP contribution is -2.16. The topological polar surface area (TPSA) is 29.3 Å². The lowest BCUT2D eigenvalue weighted by molar-refractivity contribution is 0.388. The van der Waals surface area contributed by atoms with Gasteiger partial charge in [0.15, 0.2) is 0 Å². The van der Waals surface area contributed by atoms with Crippen molar-refractivity contribution in [2.45, 2.75) is 52.0 Å². The van der Waals surface area contributed by atoms with Gasteiger partial charge < -0.3 is 10.6 Å². The Morgan fingerprint density at radius 3 is 2.53 bits per heavy atom. The summed E-state index contributed by atoms with van der Waals surface area (Å²) in [4.78, 5) is 2.13. The van der Waals surface area contributed by atoms with E-state index >= 15 is 0 Å². The molecule has 0 saturated carbocycles. The molecule has 0 fully saturated rings. The van der Waals surface area contributed by atoms with Crippen LogP contribution in [0.5, 0.6) is 0 Å². The van der Waals surface area contributed by atoms with Crippen molar-refractivity contribution in [1.82, 2.24) is 0 Å². The molecular weight excluding hydrogens is 232 g/mol. The second kappa shape index (κ2) is 8.21. The summed E-state index contributed by atoms with van der Waals surface area (Å²) < 4.78 is 0. The van der Waals surface area contributed by atoms with E-state index < -0.39 is 0 Å². The fourth-order valence-corrected chi connectivity index (χ4v) is 2.51. The van der Waals surface area contributed by atoms with Gasteiger partial charge >= 0.3 is 0 Å². The van der Waals surface area contributed by atoms with E-state index in [-0.39, 0.29) is 6.04 Å². The molecule has 0 bridgehead atoms. The first-order valence-electron chi connectivity index (χ1n) is 7.61. The minimum Gasteiger partial charge on any atom is -0.378 e. The highest BCUT2D eigenvalue weighted by molar-refractivity contribution is 5.47. The number of hydrogen-bond donors (Lipinski definition) is 1. The van der Waals surface area contributed by atoms with Crippen LogP contribution in [0.3, 0.4) is 0 Å². The first-order chi connectivity index (χ1) is 9.08. The van der Waals surface area contributed by atoms with Crippen molar-refractivity contribution in [1.29, 1.82) is 0 Å². The van der Waals surface area contributed by atoms with Crippen LogP contribution in [0.1, 0.15) is 57.6 Å². The van der Waals surface area contributed by atoms with Crippen LogP contribution < -0.4 is 10.6 Å². The van der Waals surface area contributed by atoms with E-state index in [0.717, 1.165) is 12.3 Å². The predicted molar refractivity (Wildman–Crippen MR) is 85.6 cm³/mol. The molecule has 1 aromatic carbocycles. The smallest absolute Gasteiger partial charge is 0.0364 e. The van der Waals surface area contributed by atoms with Gasteiger partial charge in [-0.1, -0.05) is 51.7 Å². The quantitative estimate of drug-likeness (QED) is 0.754. The second-order valence-corrected chi connectivity index (χ2v) is 5.75. The Kier molecular flexibility index (Phi) is 6.93. The fraction of sp³-hybridized carbons (Fsp3) is 0.647. The Hall–Kier alpha value is -1.02. The van der Waals surface area contributed by atoms with Crippen molar-refractivity contribution in [3.8, 4) is 0 Å². The molecule has 2 heteroatoms. The highest BCUT2D eigenvalue weighted by atomic mass is 15.1. The van der Waals surface area contributed by atoms with Gasteiger partial charge in [-0.25, -0.2) is 0 Å². The molecule has 0 aliphatic carbocycles. The normalized spacial score (nSPS) is 14.2. The Labute approximate surface area is 119 Å². The van der Waals surface area contributed by atoms with E-state index in [1.807, 2.05) is 0 Å². The van der Waals surface area contributed by atoms with Gasteiger partial charge in [-0.2, -0.15) is 0 Å². The van der Waals surface area contributed by atoms with Crippen molar-refractivity contribution < 1.29 is 0 Å². The summed E-state index contributed by atoms with van der Waals surface area (Å²) in [6, 6.07) is 8.78. The van der Waals surface area contributed by atoms with Gasteiger partial charge in [0.1, 0.15) is 0 Å². The molecular formula is C17H30N2. The van der Waals surface area contributed by atoms with E-state index in [1.165, 1.54) is 36.9 Å². The number of nitrogens with two attached hydrogens (primary N) is 1. The third kappa shape index (κ3) is 5.23. The molecule has 2 unspecified atom stereocenters. The zero-order valence-electron chi connectivity index (χ0n) is 13.0. The standard InChI is InChI=1S/C17H30N2/c1-5-7-9-14(6-2)12-17(18)15-10-8-11-16(13-15)19(3)4/h8,10-11,13-14,17H,5-7,9,12,18H2,1-4H3. The van der Waals surface area contributed by atoms with Gasteiger partial charge in [-0.05, 0) is 30.0 Å². The summed E-state index contributed by atoms with van der Waals surface area (Å²) in [7, 11) is 4.14. The first kappa shape index (κ1) is 16.0. The van der Waals surface area contributed by atoms with Crippen LogP contribution >= 0.6 is 0 Å². The van der Waals surface area contributed by atoms with Crippen molar-refractivity contribution in [2.24, 2.45) is 11.7 Å². The van der Waals surface area contributed by atoms with Gasteiger partial charge in [-0.15, -0.1) is 0 Å². The molecule has 19 heavy (non-hydrogen) atoms. The lowest BCUT2D eigenvalue weighted by Gasteiger charge is -2.21. The highest BCUT2D eigenvalue weighted by Gasteiger charge is 2.13. The summed E-state index contributed by atoms with van der Waals surface area (Å²) in [6.45, 7) is 4.54. The number of rotatable bonds is 8. The van der Waals surface area contributed by atoms with Crippen molar-refractivity contribution in [2.75, 3.05) is 19.0 Å². The molecule has 2 atom stereocenters. The zero-order valence-corrected chi connectivity index (χ0v) is 13.0. The average molecular weight is 262 g/mol. The Morgan fingerprint density at radius 2 is 1.95 bits per heavy atom. The third-order valence-corrected chi connectivity index (χ3v) is 3.95. The maximum Gasteiger partial charge on any atom is 0.0364 e. The minimum atomic E-state index is 0.168. The molecule has 0 heterocycles. The summed E-state index contributed by atoms with van der Waals surface area (Å²) in [5.74, 6) is 0.762. The lowest BCUT2D eigenvalue weighted by atomic mass is 9.89. The van der Waals surface area contributed by atoms with E-state index in [0.29, 0.717) is 0 Å². The van der Waals surface area contributed by atoms with Crippen LogP contribution in [-0.2, 0) is 0 Å². The van der Waals surface area contributed by atoms with E-state index in [1.54, 1.807) is 0 Å². The molecule has 2 N–H and O–H groups in total. The molecule has 0 radical (unpaired) electrons. The van der Waals surface area contributed by atoms with Gasteiger partial charge in [-0.3, -0.25) is 0 Å². The number of benzene rings is 1. The van der Waals surface area contributed by atoms with Gasteiger partial charge in [0.05, 0.1) is 0 Å². The molecule has 108 valence electrons. The monoisotopic (exact) mass is 262 g/mol. The zero-order chi connectivity index (χ0) is 14.3. The number of anilines is 1. The minimum absolute atomic E-state index is 0.168. The number of hydrogen-bond acceptors (Lipinski definition) is 2. The molecule has 0 saturated heterocycles. The molecule has 0 aliphatic rings. The van der Waals surface area contributed by atoms with E-state index in [9.17, 15) is 0 Å².